The molecule has 4 rings (SSSR count). The van der Waals surface area contributed by atoms with Gasteiger partial charge in [0.15, 0.2) is 5.82 Å². The Labute approximate surface area is 170 Å². The highest BCUT2D eigenvalue weighted by Gasteiger charge is 2.43. The molecule has 1 saturated heterocycles. The third-order valence-corrected chi connectivity index (χ3v) is 5.17. The minimum Gasteiger partial charge on any atom is -0.491 e. The molecule has 160 valence electrons. The molecule has 1 fully saturated rings. The summed E-state index contributed by atoms with van der Waals surface area (Å²) in [5.74, 6) is 0.0861. The average molecular weight is 422 g/mol. The summed E-state index contributed by atoms with van der Waals surface area (Å²) >= 11 is 0. The highest BCUT2D eigenvalue weighted by Crippen LogP contribution is 2.38. The molecule has 2 aliphatic rings. The summed E-state index contributed by atoms with van der Waals surface area (Å²) in [6.07, 6.45) is -3.62. The van der Waals surface area contributed by atoms with Crippen LogP contribution in [-0.2, 0) is 16.1 Å². The molecule has 1 amide bonds. The molecule has 30 heavy (non-hydrogen) atoms. The lowest BCUT2D eigenvalue weighted by Gasteiger charge is -2.19. The second-order valence-electron chi connectivity index (χ2n) is 7.11. The van der Waals surface area contributed by atoms with Gasteiger partial charge < -0.3 is 24.5 Å². The first kappa shape index (κ1) is 19.9. The maximum atomic E-state index is 13.4. The van der Waals surface area contributed by atoms with Crippen LogP contribution in [0.3, 0.4) is 0 Å². The van der Waals surface area contributed by atoms with Gasteiger partial charge in [-0.1, -0.05) is 0 Å². The molecule has 0 radical (unpaired) electrons. The fourth-order valence-corrected chi connectivity index (χ4v) is 3.57. The number of halogens is 2. The van der Waals surface area contributed by atoms with E-state index in [1.165, 1.54) is 6.92 Å². The van der Waals surface area contributed by atoms with Gasteiger partial charge in [0.2, 0.25) is 0 Å². The quantitative estimate of drug-likeness (QED) is 0.763. The van der Waals surface area contributed by atoms with Gasteiger partial charge in [0.05, 0.1) is 17.8 Å². The van der Waals surface area contributed by atoms with E-state index >= 15 is 0 Å². The predicted octanol–water partition coefficient (Wildman–Crippen LogP) is 2.73. The maximum absolute atomic E-state index is 13.4. The number of anilines is 2. The number of rotatable bonds is 5. The molecule has 0 bridgehead atoms. The van der Waals surface area contributed by atoms with Crippen molar-refractivity contribution in [2.24, 2.45) is 0 Å². The van der Waals surface area contributed by atoms with E-state index in [9.17, 15) is 18.4 Å². The van der Waals surface area contributed by atoms with Crippen LogP contribution in [0.25, 0.3) is 11.4 Å². The number of aliphatic carboxylic acids is 1. The number of carboxylic acids is 1. The van der Waals surface area contributed by atoms with Crippen LogP contribution in [0.2, 0.25) is 0 Å². The Hall–Kier alpha value is -3.37. The van der Waals surface area contributed by atoms with Gasteiger partial charge in [-0.3, -0.25) is 4.79 Å². The lowest BCUT2D eigenvalue weighted by Crippen LogP contribution is -2.39. The number of fused-ring (bicyclic) bond motifs is 3. The van der Waals surface area contributed by atoms with E-state index in [0.29, 0.717) is 35.1 Å². The van der Waals surface area contributed by atoms with Gasteiger partial charge in [0.1, 0.15) is 36.9 Å². The first-order chi connectivity index (χ1) is 14.3. The summed E-state index contributed by atoms with van der Waals surface area (Å²) < 4.78 is 39.2. The number of benzene rings is 1. The Kier molecular flexibility index (Phi) is 4.96. The van der Waals surface area contributed by atoms with E-state index in [-0.39, 0.29) is 12.4 Å². The highest BCUT2D eigenvalue weighted by atomic mass is 19.3. The van der Waals surface area contributed by atoms with E-state index in [2.05, 4.69) is 10.3 Å². The molecule has 2 aliphatic heterocycles. The zero-order chi connectivity index (χ0) is 21.6. The molecule has 2 atom stereocenters. The number of hydrogen-bond acceptors (Lipinski definition) is 6. The molecule has 2 aromatic rings. The lowest BCUT2D eigenvalue weighted by atomic mass is 10.1. The van der Waals surface area contributed by atoms with E-state index in [4.69, 9.17) is 14.6 Å². The largest absolute Gasteiger partial charge is 0.491 e. The van der Waals surface area contributed by atoms with Gasteiger partial charge in [-0.05, 0) is 26.0 Å². The van der Waals surface area contributed by atoms with Crippen LogP contribution in [0.5, 0.6) is 5.75 Å². The van der Waals surface area contributed by atoms with E-state index < -0.39 is 37.2 Å². The van der Waals surface area contributed by atoms with Gasteiger partial charge in [0.25, 0.3) is 6.43 Å². The molecule has 0 saturated carbocycles. The van der Waals surface area contributed by atoms with Crippen molar-refractivity contribution < 1.29 is 33.0 Å². The van der Waals surface area contributed by atoms with Crippen LogP contribution in [0.1, 0.15) is 12.6 Å². The number of nitrogens with zero attached hydrogens (tertiary/aromatic N) is 3. The summed E-state index contributed by atoms with van der Waals surface area (Å²) in [5, 5.41) is 11.9. The van der Waals surface area contributed by atoms with Crippen molar-refractivity contribution in [1.29, 1.82) is 0 Å². The summed E-state index contributed by atoms with van der Waals surface area (Å²) in [7, 11) is 0. The SMILES string of the molecule is Cc1c(N2C(=O)OC[C@H]2C(F)F)nc2n1CCOc1cc(NC(C)C(=O)O)ccc1-2. The smallest absolute Gasteiger partial charge is 0.416 e. The maximum Gasteiger partial charge on any atom is 0.416 e. The molecular formula is C19H20F2N4O5. The Bertz CT molecular complexity index is 1010. The average Bonchev–Trinajstić information content (AvgIpc) is 3.16. The van der Waals surface area contributed by atoms with Crippen LogP contribution in [0.4, 0.5) is 25.1 Å². The molecule has 3 heterocycles. The Balaban J connectivity index is 1.74. The molecular weight excluding hydrogens is 402 g/mol. The fourth-order valence-electron chi connectivity index (χ4n) is 3.57. The zero-order valence-corrected chi connectivity index (χ0v) is 16.3. The summed E-state index contributed by atoms with van der Waals surface area (Å²) in [5.41, 5.74) is 1.71. The van der Waals surface area contributed by atoms with Gasteiger partial charge in [-0.2, -0.15) is 0 Å². The van der Waals surface area contributed by atoms with Crippen molar-refractivity contribution in [1.82, 2.24) is 9.55 Å². The minimum absolute atomic E-state index is 0.132. The molecule has 1 aromatic carbocycles. The Morgan fingerprint density at radius 1 is 1.37 bits per heavy atom. The molecule has 2 N–H and O–H groups in total. The first-order valence-corrected chi connectivity index (χ1v) is 9.35. The molecule has 1 aromatic heterocycles. The standard InChI is InChI=1S/C19H20F2N4O5/c1-9(18(26)27)22-11-3-4-12-14(7-11)29-6-5-24-10(2)16(23-17(12)24)25-13(15(20)21)8-30-19(25)28/h3-4,7,9,13,15,22H,5-6,8H2,1-2H3,(H,26,27)/t9?,13-/m0/s1. The number of hydrogen-bond donors (Lipinski definition) is 2. The second-order valence-corrected chi connectivity index (χ2v) is 7.11. The molecule has 1 unspecified atom stereocenters. The number of carbonyl (C=O) groups excluding carboxylic acids is 1. The van der Waals surface area contributed by atoms with Gasteiger partial charge in [0, 0.05) is 11.8 Å². The van der Waals surface area contributed by atoms with Crippen molar-refractivity contribution in [3.05, 3.63) is 23.9 Å². The third kappa shape index (κ3) is 3.29. The predicted molar refractivity (Wildman–Crippen MR) is 102 cm³/mol. The Morgan fingerprint density at radius 2 is 2.13 bits per heavy atom. The monoisotopic (exact) mass is 422 g/mol. The summed E-state index contributed by atoms with van der Waals surface area (Å²) in [6, 6.07) is 2.88. The van der Waals surface area contributed by atoms with Crippen molar-refractivity contribution in [3.8, 4) is 17.1 Å². The number of nitrogens with one attached hydrogen (secondary N) is 1. The van der Waals surface area contributed by atoms with Crippen molar-refractivity contribution in [3.63, 3.8) is 0 Å². The van der Waals surface area contributed by atoms with E-state index in [1.54, 1.807) is 25.1 Å². The van der Waals surface area contributed by atoms with Gasteiger partial charge in [-0.25, -0.2) is 23.5 Å². The topological polar surface area (TPSA) is 106 Å². The molecule has 11 heteroatoms. The zero-order valence-electron chi connectivity index (χ0n) is 16.3. The fraction of sp³-hybridized carbons (Fsp3) is 0.421. The lowest BCUT2D eigenvalue weighted by molar-refractivity contribution is -0.137. The van der Waals surface area contributed by atoms with Crippen LogP contribution in [0, 0.1) is 6.92 Å². The first-order valence-electron chi connectivity index (χ1n) is 9.35. The van der Waals surface area contributed by atoms with Crippen LogP contribution in [-0.4, -0.2) is 58.4 Å². The number of amides is 1. The number of aromatic nitrogens is 2. The van der Waals surface area contributed by atoms with Gasteiger partial charge >= 0.3 is 12.1 Å². The van der Waals surface area contributed by atoms with Crippen LogP contribution < -0.4 is 15.0 Å². The van der Waals surface area contributed by atoms with Crippen molar-refractivity contribution in [2.75, 3.05) is 23.4 Å². The van der Waals surface area contributed by atoms with Crippen LogP contribution in [0.15, 0.2) is 18.2 Å². The number of imidazole rings is 1. The number of cyclic esters (lactones) is 1. The Morgan fingerprint density at radius 3 is 2.83 bits per heavy atom. The summed E-state index contributed by atoms with van der Waals surface area (Å²) in [6.45, 7) is 3.52. The number of carboxylic acid groups (broad SMARTS) is 1. The minimum atomic E-state index is -2.77. The normalized spacial score (nSPS) is 18.9. The van der Waals surface area contributed by atoms with Crippen molar-refractivity contribution >= 4 is 23.6 Å². The number of alkyl halides is 2. The molecule has 0 aliphatic carbocycles. The van der Waals surface area contributed by atoms with Gasteiger partial charge in [-0.15, -0.1) is 0 Å². The highest BCUT2D eigenvalue weighted by molar-refractivity contribution is 5.90. The molecule has 0 spiro atoms. The van der Waals surface area contributed by atoms with Crippen molar-refractivity contribution in [2.45, 2.75) is 38.9 Å². The third-order valence-electron chi connectivity index (χ3n) is 5.17. The van der Waals surface area contributed by atoms with E-state index in [1.807, 2.05) is 4.57 Å². The molecule has 9 nitrogen and oxygen atoms in total. The second kappa shape index (κ2) is 7.47. The van der Waals surface area contributed by atoms with E-state index in [0.717, 1.165) is 4.90 Å². The number of ether oxygens (including phenoxy) is 2. The number of carbonyl (C=O) groups is 2. The van der Waals surface area contributed by atoms with Crippen LogP contribution >= 0.6 is 0 Å². The summed E-state index contributed by atoms with van der Waals surface area (Å²) in [4.78, 5) is 28.6.